The number of ether oxygens (including phenoxy) is 1. The normalized spacial score (nSPS) is 10.1. The molecule has 0 spiro atoms. The molecule has 0 unspecified atom stereocenters. The Labute approximate surface area is 133 Å². The van der Waals surface area contributed by atoms with Crippen molar-refractivity contribution in [3.63, 3.8) is 0 Å². The molecule has 0 heterocycles. The topological polar surface area (TPSA) is 64.3 Å². The van der Waals surface area contributed by atoms with Crippen LogP contribution in [0.15, 0.2) is 51.4 Å². The number of amides is 1. The molecular formula is C14H12Br2N2O2. The Balaban J connectivity index is 1.94. The Kier molecular flexibility index (Phi) is 5.03. The van der Waals surface area contributed by atoms with E-state index in [1.807, 2.05) is 18.2 Å². The van der Waals surface area contributed by atoms with E-state index in [0.29, 0.717) is 17.1 Å². The van der Waals surface area contributed by atoms with Gasteiger partial charge in [-0.3, -0.25) is 4.79 Å². The molecule has 0 atom stereocenters. The predicted molar refractivity (Wildman–Crippen MR) is 86.8 cm³/mol. The molecule has 0 fully saturated rings. The molecule has 0 aliphatic heterocycles. The van der Waals surface area contributed by atoms with Crippen LogP contribution in [0.25, 0.3) is 0 Å². The molecule has 0 saturated heterocycles. The van der Waals surface area contributed by atoms with Crippen LogP contribution < -0.4 is 15.8 Å². The summed E-state index contributed by atoms with van der Waals surface area (Å²) in [5, 5.41) is 2.75. The quantitative estimate of drug-likeness (QED) is 0.768. The minimum Gasteiger partial charge on any atom is -0.483 e. The smallest absolute Gasteiger partial charge is 0.262 e. The minimum absolute atomic E-state index is 0.0887. The molecule has 2 aromatic rings. The third-order valence-corrected chi connectivity index (χ3v) is 3.57. The first-order valence-electron chi connectivity index (χ1n) is 5.78. The van der Waals surface area contributed by atoms with Gasteiger partial charge in [-0.2, -0.15) is 0 Å². The monoisotopic (exact) mass is 398 g/mol. The van der Waals surface area contributed by atoms with Crippen LogP contribution in [0.2, 0.25) is 0 Å². The van der Waals surface area contributed by atoms with E-state index in [0.717, 1.165) is 8.95 Å². The summed E-state index contributed by atoms with van der Waals surface area (Å²) in [6.45, 7) is -0.0887. The van der Waals surface area contributed by atoms with Gasteiger partial charge in [0.1, 0.15) is 5.75 Å². The van der Waals surface area contributed by atoms with Gasteiger partial charge in [-0.15, -0.1) is 0 Å². The number of carbonyl (C=O) groups is 1. The fourth-order valence-corrected chi connectivity index (χ4v) is 2.30. The first-order valence-corrected chi connectivity index (χ1v) is 7.36. The first kappa shape index (κ1) is 14.9. The van der Waals surface area contributed by atoms with Gasteiger partial charge in [0.25, 0.3) is 5.91 Å². The molecule has 0 aromatic heterocycles. The largest absolute Gasteiger partial charge is 0.483 e. The number of halogens is 2. The molecule has 2 aromatic carbocycles. The van der Waals surface area contributed by atoms with Crippen LogP contribution in [0.3, 0.4) is 0 Å². The van der Waals surface area contributed by atoms with E-state index >= 15 is 0 Å². The fraction of sp³-hybridized carbons (Fsp3) is 0.0714. The first-order chi connectivity index (χ1) is 9.54. The molecule has 20 heavy (non-hydrogen) atoms. The summed E-state index contributed by atoms with van der Waals surface area (Å²) in [7, 11) is 0. The summed E-state index contributed by atoms with van der Waals surface area (Å²) >= 11 is 6.68. The Hall–Kier alpha value is -1.53. The number of hydrogen-bond acceptors (Lipinski definition) is 3. The zero-order valence-electron chi connectivity index (χ0n) is 10.4. The van der Waals surface area contributed by atoms with Crippen molar-refractivity contribution >= 4 is 49.1 Å². The highest BCUT2D eigenvalue weighted by Gasteiger charge is 2.07. The lowest BCUT2D eigenvalue weighted by Crippen LogP contribution is -2.20. The molecule has 0 saturated carbocycles. The van der Waals surface area contributed by atoms with Crippen LogP contribution in [-0.4, -0.2) is 12.5 Å². The molecule has 4 nitrogen and oxygen atoms in total. The number of nitrogens with one attached hydrogen (secondary N) is 1. The second-order valence-corrected chi connectivity index (χ2v) is 5.81. The number of rotatable bonds is 4. The van der Waals surface area contributed by atoms with E-state index in [1.54, 1.807) is 24.3 Å². The Morgan fingerprint density at radius 2 is 2.00 bits per heavy atom. The lowest BCUT2D eigenvalue weighted by molar-refractivity contribution is -0.118. The second kappa shape index (κ2) is 6.76. The molecule has 2 rings (SSSR count). The molecule has 0 bridgehead atoms. The van der Waals surface area contributed by atoms with Gasteiger partial charge in [0.2, 0.25) is 0 Å². The Morgan fingerprint density at radius 3 is 2.75 bits per heavy atom. The van der Waals surface area contributed by atoms with Gasteiger partial charge in [0.05, 0.1) is 4.47 Å². The number of benzene rings is 2. The van der Waals surface area contributed by atoms with Crippen LogP contribution in [0, 0.1) is 0 Å². The van der Waals surface area contributed by atoms with Crippen molar-refractivity contribution in [2.75, 3.05) is 17.7 Å². The lowest BCUT2D eigenvalue weighted by atomic mass is 10.3. The highest BCUT2D eigenvalue weighted by Crippen LogP contribution is 2.27. The van der Waals surface area contributed by atoms with E-state index in [-0.39, 0.29) is 12.5 Å². The zero-order valence-corrected chi connectivity index (χ0v) is 13.6. The predicted octanol–water partition coefficient (Wildman–Crippen LogP) is 3.81. The van der Waals surface area contributed by atoms with Crippen molar-refractivity contribution in [1.82, 2.24) is 0 Å². The highest BCUT2D eigenvalue weighted by molar-refractivity contribution is 9.10. The average Bonchev–Trinajstić information content (AvgIpc) is 2.40. The standard InChI is InChI=1S/C14H12Br2N2O2/c15-9-2-1-3-11(6-9)18-14(19)8-20-13-7-10(17)4-5-12(13)16/h1-7H,8,17H2,(H,18,19). The summed E-state index contributed by atoms with van der Waals surface area (Å²) in [5.74, 6) is 0.298. The zero-order chi connectivity index (χ0) is 14.5. The van der Waals surface area contributed by atoms with Gasteiger partial charge in [-0.05, 0) is 46.3 Å². The van der Waals surface area contributed by atoms with Crippen molar-refractivity contribution in [1.29, 1.82) is 0 Å². The number of carbonyl (C=O) groups excluding carboxylic acids is 1. The third kappa shape index (κ3) is 4.25. The van der Waals surface area contributed by atoms with Gasteiger partial charge in [-0.25, -0.2) is 0 Å². The average molecular weight is 400 g/mol. The number of nitrogens with two attached hydrogens (primary N) is 1. The van der Waals surface area contributed by atoms with Crippen LogP contribution >= 0.6 is 31.9 Å². The van der Waals surface area contributed by atoms with E-state index in [9.17, 15) is 4.79 Å². The van der Waals surface area contributed by atoms with Crippen LogP contribution in [-0.2, 0) is 4.79 Å². The maximum atomic E-state index is 11.8. The molecule has 0 radical (unpaired) electrons. The minimum atomic E-state index is -0.238. The lowest BCUT2D eigenvalue weighted by Gasteiger charge is -2.09. The Bertz CT molecular complexity index is 632. The van der Waals surface area contributed by atoms with E-state index in [2.05, 4.69) is 37.2 Å². The molecule has 0 aliphatic rings. The van der Waals surface area contributed by atoms with E-state index in [1.165, 1.54) is 0 Å². The van der Waals surface area contributed by atoms with Crippen LogP contribution in [0.5, 0.6) is 5.75 Å². The van der Waals surface area contributed by atoms with Crippen LogP contribution in [0.1, 0.15) is 0 Å². The molecule has 104 valence electrons. The maximum Gasteiger partial charge on any atom is 0.262 e. The molecular weight excluding hydrogens is 388 g/mol. The van der Waals surface area contributed by atoms with Crippen LogP contribution in [0.4, 0.5) is 11.4 Å². The second-order valence-electron chi connectivity index (χ2n) is 4.04. The number of hydrogen-bond donors (Lipinski definition) is 2. The summed E-state index contributed by atoms with van der Waals surface area (Å²) in [4.78, 5) is 11.8. The molecule has 1 amide bonds. The third-order valence-electron chi connectivity index (χ3n) is 2.42. The molecule has 6 heteroatoms. The van der Waals surface area contributed by atoms with E-state index in [4.69, 9.17) is 10.5 Å². The van der Waals surface area contributed by atoms with Gasteiger partial charge in [0.15, 0.2) is 6.61 Å². The summed E-state index contributed by atoms with van der Waals surface area (Å²) in [6.07, 6.45) is 0. The van der Waals surface area contributed by atoms with Crippen molar-refractivity contribution in [3.05, 3.63) is 51.4 Å². The number of nitrogen functional groups attached to an aromatic ring is 1. The molecule has 3 N–H and O–H groups in total. The van der Waals surface area contributed by atoms with Gasteiger partial charge >= 0.3 is 0 Å². The summed E-state index contributed by atoms with van der Waals surface area (Å²) < 4.78 is 7.08. The summed E-state index contributed by atoms with van der Waals surface area (Å²) in [6, 6.07) is 12.5. The Morgan fingerprint density at radius 1 is 1.20 bits per heavy atom. The maximum absolute atomic E-state index is 11.8. The van der Waals surface area contributed by atoms with Gasteiger partial charge in [0, 0.05) is 21.9 Å². The summed E-state index contributed by atoms with van der Waals surface area (Å²) in [5.41, 5.74) is 6.95. The highest BCUT2D eigenvalue weighted by atomic mass is 79.9. The van der Waals surface area contributed by atoms with Crippen molar-refractivity contribution in [3.8, 4) is 5.75 Å². The van der Waals surface area contributed by atoms with Crippen molar-refractivity contribution in [2.45, 2.75) is 0 Å². The van der Waals surface area contributed by atoms with E-state index < -0.39 is 0 Å². The van der Waals surface area contributed by atoms with Gasteiger partial charge in [-0.1, -0.05) is 22.0 Å². The fourth-order valence-electron chi connectivity index (χ4n) is 1.54. The number of anilines is 2. The van der Waals surface area contributed by atoms with Crippen molar-refractivity contribution in [2.24, 2.45) is 0 Å². The van der Waals surface area contributed by atoms with Crippen molar-refractivity contribution < 1.29 is 9.53 Å². The SMILES string of the molecule is Nc1ccc(Br)c(OCC(=O)Nc2cccc(Br)c2)c1. The molecule has 0 aliphatic carbocycles. The van der Waals surface area contributed by atoms with Gasteiger partial charge < -0.3 is 15.8 Å².